The number of nitrogens with zero attached hydrogens (tertiary/aromatic N) is 1. The minimum atomic E-state index is -0.203. The van der Waals surface area contributed by atoms with E-state index in [0.717, 1.165) is 25.1 Å². The van der Waals surface area contributed by atoms with Crippen LogP contribution in [0.1, 0.15) is 46.5 Å². The lowest BCUT2D eigenvalue weighted by molar-refractivity contribution is -0.121. The molecule has 0 unspecified atom stereocenters. The van der Waals surface area contributed by atoms with Crippen molar-refractivity contribution in [3.05, 3.63) is 0 Å². The van der Waals surface area contributed by atoms with Crippen LogP contribution >= 0.6 is 12.4 Å². The molecule has 14 heavy (non-hydrogen) atoms. The Morgan fingerprint density at radius 2 is 2.14 bits per heavy atom. The highest BCUT2D eigenvalue weighted by Gasteiger charge is 2.26. The molecule has 0 saturated carbocycles. The molecule has 1 N–H and O–H groups in total. The van der Waals surface area contributed by atoms with Crippen molar-refractivity contribution in [1.29, 1.82) is 0 Å². The number of amidine groups is 1. The highest BCUT2D eigenvalue weighted by molar-refractivity contribution is 6.00. The lowest BCUT2D eigenvalue weighted by Crippen LogP contribution is -2.42. The van der Waals surface area contributed by atoms with Gasteiger partial charge >= 0.3 is 0 Å². The zero-order valence-electron chi connectivity index (χ0n) is 9.09. The summed E-state index contributed by atoms with van der Waals surface area (Å²) in [6, 6.07) is 0. The molecule has 1 rings (SSSR count). The molecule has 0 aromatic heterocycles. The quantitative estimate of drug-likeness (QED) is 0.776. The van der Waals surface area contributed by atoms with Crippen molar-refractivity contribution >= 4 is 24.1 Å². The Balaban J connectivity index is 0.00000169. The van der Waals surface area contributed by atoms with Crippen LogP contribution in [0.5, 0.6) is 0 Å². The summed E-state index contributed by atoms with van der Waals surface area (Å²) in [5, 5.41) is 2.82. The molecule has 1 heterocycles. The molecule has 0 spiro atoms. The van der Waals surface area contributed by atoms with Gasteiger partial charge in [0.25, 0.3) is 0 Å². The normalized spacial score (nSPS) is 19.4. The maximum Gasteiger partial charge on any atom is 0.227 e. The first-order valence-corrected chi connectivity index (χ1v) is 4.92. The van der Waals surface area contributed by atoms with E-state index in [2.05, 4.69) is 17.2 Å². The van der Waals surface area contributed by atoms with E-state index >= 15 is 0 Å². The van der Waals surface area contributed by atoms with Gasteiger partial charge in [-0.3, -0.25) is 9.79 Å². The summed E-state index contributed by atoms with van der Waals surface area (Å²) >= 11 is 0. The first-order chi connectivity index (χ1) is 6.03. The minimum absolute atomic E-state index is 0. The van der Waals surface area contributed by atoms with Crippen molar-refractivity contribution in [3.63, 3.8) is 0 Å². The molecule has 0 atom stereocenters. The van der Waals surface area contributed by atoms with E-state index in [1.54, 1.807) is 0 Å². The molecular formula is C10H19ClN2O. The van der Waals surface area contributed by atoms with Gasteiger partial charge in [-0.25, -0.2) is 0 Å². The fourth-order valence-corrected chi connectivity index (χ4v) is 1.49. The number of carbonyl (C=O) groups excluding carboxylic acids is 1. The largest absolute Gasteiger partial charge is 0.314 e. The van der Waals surface area contributed by atoms with E-state index in [1.807, 2.05) is 13.8 Å². The van der Waals surface area contributed by atoms with E-state index in [9.17, 15) is 4.79 Å². The number of amides is 1. The highest BCUT2D eigenvalue weighted by atomic mass is 35.5. The number of carbonyl (C=O) groups is 1. The SMILES string of the molecule is CCCCC1=NC(C)(C)CC(=O)N1.Cl. The van der Waals surface area contributed by atoms with Gasteiger partial charge in [0.05, 0.1) is 12.0 Å². The van der Waals surface area contributed by atoms with E-state index in [1.165, 1.54) is 0 Å². The van der Waals surface area contributed by atoms with Crippen LogP contribution in [0, 0.1) is 0 Å². The van der Waals surface area contributed by atoms with Gasteiger partial charge in [-0.1, -0.05) is 13.3 Å². The maximum atomic E-state index is 11.3. The molecule has 0 saturated heterocycles. The van der Waals surface area contributed by atoms with Gasteiger partial charge in [0.2, 0.25) is 5.91 Å². The van der Waals surface area contributed by atoms with Gasteiger partial charge in [0.1, 0.15) is 5.84 Å². The Labute approximate surface area is 91.8 Å². The van der Waals surface area contributed by atoms with Gasteiger partial charge in [-0.15, -0.1) is 12.4 Å². The van der Waals surface area contributed by atoms with Crippen molar-refractivity contribution in [3.8, 4) is 0 Å². The number of halogens is 1. The fourth-order valence-electron chi connectivity index (χ4n) is 1.49. The molecule has 0 radical (unpaired) electrons. The summed E-state index contributed by atoms with van der Waals surface area (Å²) < 4.78 is 0. The van der Waals surface area contributed by atoms with E-state index in [0.29, 0.717) is 6.42 Å². The molecule has 1 aliphatic heterocycles. The van der Waals surface area contributed by atoms with Crippen molar-refractivity contribution in [1.82, 2.24) is 5.32 Å². The molecule has 1 amide bonds. The Morgan fingerprint density at radius 1 is 1.50 bits per heavy atom. The molecule has 4 heteroatoms. The monoisotopic (exact) mass is 218 g/mol. The van der Waals surface area contributed by atoms with E-state index in [4.69, 9.17) is 0 Å². The molecule has 0 aromatic rings. The molecule has 0 fully saturated rings. The van der Waals surface area contributed by atoms with Gasteiger partial charge in [0, 0.05) is 6.42 Å². The van der Waals surface area contributed by atoms with Crippen LogP contribution in [0.15, 0.2) is 4.99 Å². The van der Waals surface area contributed by atoms with Crippen molar-refractivity contribution in [2.75, 3.05) is 0 Å². The average molecular weight is 219 g/mol. The van der Waals surface area contributed by atoms with Gasteiger partial charge in [0.15, 0.2) is 0 Å². The first-order valence-electron chi connectivity index (χ1n) is 4.92. The topological polar surface area (TPSA) is 41.5 Å². The Kier molecular flexibility index (Phi) is 5.13. The number of unbranched alkanes of at least 4 members (excludes halogenated alkanes) is 1. The summed E-state index contributed by atoms with van der Waals surface area (Å²) in [4.78, 5) is 15.7. The Bertz CT molecular complexity index is 236. The number of rotatable bonds is 3. The second kappa shape index (κ2) is 5.35. The van der Waals surface area contributed by atoms with E-state index < -0.39 is 0 Å². The fraction of sp³-hybridized carbons (Fsp3) is 0.800. The summed E-state index contributed by atoms with van der Waals surface area (Å²) in [6.45, 7) is 6.13. The van der Waals surface area contributed by atoms with Crippen LogP contribution in [0.3, 0.4) is 0 Å². The van der Waals surface area contributed by atoms with Crippen LogP contribution in [0.4, 0.5) is 0 Å². The van der Waals surface area contributed by atoms with Crippen LogP contribution in [-0.2, 0) is 4.79 Å². The third-order valence-corrected chi connectivity index (χ3v) is 2.08. The Hall–Kier alpha value is -0.570. The lowest BCUT2D eigenvalue weighted by Gasteiger charge is -2.26. The zero-order valence-corrected chi connectivity index (χ0v) is 9.91. The molecule has 0 aromatic carbocycles. The molecular weight excluding hydrogens is 200 g/mol. The molecule has 0 bridgehead atoms. The third-order valence-electron chi connectivity index (χ3n) is 2.08. The molecule has 0 aliphatic carbocycles. The Morgan fingerprint density at radius 3 is 2.64 bits per heavy atom. The smallest absolute Gasteiger partial charge is 0.227 e. The van der Waals surface area contributed by atoms with Crippen LogP contribution in [0.25, 0.3) is 0 Å². The molecule has 1 aliphatic rings. The van der Waals surface area contributed by atoms with Gasteiger partial charge < -0.3 is 5.32 Å². The highest BCUT2D eigenvalue weighted by Crippen LogP contribution is 2.18. The second-order valence-corrected chi connectivity index (χ2v) is 4.20. The van der Waals surface area contributed by atoms with E-state index in [-0.39, 0.29) is 23.9 Å². The number of hydrogen-bond acceptors (Lipinski definition) is 2. The summed E-state index contributed by atoms with van der Waals surface area (Å²) in [5.74, 6) is 0.967. The number of hydrogen-bond donors (Lipinski definition) is 1. The number of nitrogens with one attached hydrogen (secondary N) is 1. The predicted octanol–water partition coefficient (Wildman–Crippen LogP) is 2.30. The first kappa shape index (κ1) is 13.4. The van der Waals surface area contributed by atoms with Gasteiger partial charge in [-0.05, 0) is 20.3 Å². The minimum Gasteiger partial charge on any atom is -0.314 e. The van der Waals surface area contributed by atoms with Crippen LogP contribution in [0.2, 0.25) is 0 Å². The second-order valence-electron chi connectivity index (χ2n) is 4.20. The summed E-state index contributed by atoms with van der Waals surface area (Å²) in [5.41, 5.74) is -0.203. The standard InChI is InChI=1S/C10H18N2O.ClH/c1-4-5-6-8-11-9(13)7-10(2,3)12-8;/h4-7H2,1-3H3,(H,11,12,13);1H. The average Bonchev–Trinajstić information content (AvgIpc) is 1.97. The summed E-state index contributed by atoms with van der Waals surface area (Å²) in [7, 11) is 0. The molecule has 82 valence electrons. The van der Waals surface area contributed by atoms with Gasteiger partial charge in [-0.2, -0.15) is 0 Å². The predicted molar refractivity (Wildman–Crippen MR) is 61.0 cm³/mol. The molecule has 3 nitrogen and oxygen atoms in total. The van der Waals surface area contributed by atoms with Crippen LogP contribution < -0.4 is 5.32 Å². The van der Waals surface area contributed by atoms with Crippen molar-refractivity contribution in [2.24, 2.45) is 4.99 Å². The van der Waals surface area contributed by atoms with Crippen molar-refractivity contribution in [2.45, 2.75) is 52.0 Å². The van der Waals surface area contributed by atoms with Crippen LogP contribution in [-0.4, -0.2) is 17.3 Å². The zero-order chi connectivity index (χ0) is 9.90. The third kappa shape index (κ3) is 4.09. The lowest BCUT2D eigenvalue weighted by atomic mass is 9.99. The van der Waals surface area contributed by atoms with Crippen molar-refractivity contribution < 1.29 is 4.79 Å². The summed E-state index contributed by atoms with van der Waals surface area (Å²) in [6.07, 6.45) is 3.62. The maximum absolute atomic E-state index is 11.3. The number of aliphatic imine (C=N–C) groups is 1.